The molecule has 1 N–H and O–H groups in total. The number of anilines is 1. The average Bonchev–Trinajstić information content (AvgIpc) is 2.83. The second-order valence-corrected chi connectivity index (χ2v) is 7.74. The van der Waals surface area contributed by atoms with Crippen LogP contribution in [0.1, 0.15) is 28.8 Å². The molecule has 3 aromatic rings. The number of likely N-dealkylation sites (tertiary alicyclic amines) is 1. The zero-order chi connectivity index (χ0) is 22.3. The first-order valence-corrected chi connectivity index (χ1v) is 10.6. The van der Waals surface area contributed by atoms with Crippen molar-refractivity contribution in [1.29, 1.82) is 0 Å². The molecule has 7 heteroatoms. The Labute approximate surface area is 186 Å². The quantitative estimate of drug-likeness (QED) is 0.560. The van der Waals surface area contributed by atoms with Crippen LogP contribution in [-0.2, 0) is 6.61 Å². The van der Waals surface area contributed by atoms with E-state index >= 15 is 0 Å². The monoisotopic (exact) mass is 433 g/mol. The summed E-state index contributed by atoms with van der Waals surface area (Å²) < 4.78 is 18.9. The molecule has 0 unspecified atom stereocenters. The molecule has 6 nitrogen and oxygen atoms in total. The predicted molar refractivity (Wildman–Crippen MR) is 119 cm³/mol. The molecule has 0 aliphatic carbocycles. The first kappa shape index (κ1) is 21.5. The number of carbonyl (C=O) groups is 2. The van der Waals surface area contributed by atoms with Crippen molar-refractivity contribution in [3.63, 3.8) is 0 Å². The molecule has 1 saturated heterocycles. The van der Waals surface area contributed by atoms with Gasteiger partial charge in [0.2, 0.25) is 0 Å². The lowest BCUT2D eigenvalue weighted by Gasteiger charge is -2.31. The molecule has 1 fully saturated rings. The lowest BCUT2D eigenvalue weighted by atomic mass is 9.89. The number of nitrogens with one attached hydrogen (secondary N) is 1. The molecule has 0 atom stereocenters. The average molecular weight is 433 g/mol. The van der Waals surface area contributed by atoms with Crippen molar-refractivity contribution in [2.24, 2.45) is 5.92 Å². The summed E-state index contributed by atoms with van der Waals surface area (Å²) in [6.07, 6.45) is 4.49. The first-order chi connectivity index (χ1) is 15.6. The van der Waals surface area contributed by atoms with E-state index in [-0.39, 0.29) is 30.2 Å². The number of carbonyl (C=O) groups excluding carboxylic acids is 2. The van der Waals surface area contributed by atoms with Gasteiger partial charge in [-0.3, -0.25) is 9.78 Å². The van der Waals surface area contributed by atoms with Crippen molar-refractivity contribution in [3.05, 3.63) is 90.0 Å². The fraction of sp³-hybridized carbons (Fsp3) is 0.240. The molecule has 32 heavy (non-hydrogen) atoms. The van der Waals surface area contributed by atoms with Gasteiger partial charge in [-0.15, -0.1) is 0 Å². The van der Waals surface area contributed by atoms with E-state index in [1.165, 1.54) is 12.1 Å². The zero-order valence-electron chi connectivity index (χ0n) is 17.5. The molecule has 2 amide bonds. The lowest BCUT2D eigenvalue weighted by molar-refractivity contribution is 0.0859. The van der Waals surface area contributed by atoms with E-state index in [0.29, 0.717) is 42.9 Å². The summed E-state index contributed by atoms with van der Waals surface area (Å²) in [4.78, 5) is 31.0. The number of ether oxygens (including phenoxy) is 1. The number of aromatic nitrogens is 1. The highest BCUT2D eigenvalue weighted by molar-refractivity contribution is 5.98. The van der Waals surface area contributed by atoms with Crippen LogP contribution in [0.25, 0.3) is 0 Å². The van der Waals surface area contributed by atoms with Gasteiger partial charge in [0.25, 0.3) is 0 Å². The van der Waals surface area contributed by atoms with Gasteiger partial charge in [0.1, 0.15) is 18.2 Å². The number of Topliss-reactive ketones (excluding diaryl/α,β-unsaturated/α-hetero) is 1. The van der Waals surface area contributed by atoms with Crippen LogP contribution in [0.4, 0.5) is 14.9 Å². The van der Waals surface area contributed by atoms with Gasteiger partial charge in [0.05, 0.1) is 11.9 Å². The Hall–Kier alpha value is -3.74. The highest BCUT2D eigenvalue weighted by Gasteiger charge is 2.28. The van der Waals surface area contributed by atoms with E-state index in [9.17, 15) is 14.0 Å². The number of piperidine rings is 1. The van der Waals surface area contributed by atoms with E-state index in [1.54, 1.807) is 65.8 Å². The van der Waals surface area contributed by atoms with Gasteiger partial charge in [-0.2, -0.15) is 0 Å². The summed E-state index contributed by atoms with van der Waals surface area (Å²) in [7, 11) is 0. The molecular formula is C25H24FN3O3. The number of amides is 2. The molecule has 164 valence electrons. The van der Waals surface area contributed by atoms with E-state index in [4.69, 9.17) is 4.74 Å². The number of pyridine rings is 1. The van der Waals surface area contributed by atoms with Crippen molar-refractivity contribution >= 4 is 17.5 Å². The fourth-order valence-corrected chi connectivity index (χ4v) is 3.73. The summed E-state index contributed by atoms with van der Waals surface area (Å²) in [5.41, 5.74) is 2.02. The summed E-state index contributed by atoms with van der Waals surface area (Å²) in [6.45, 7) is 1.30. The first-order valence-electron chi connectivity index (χ1n) is 10.6. The number of nitrogens with zero attached hydrogens (tertiary/aromatic N) is 2. The van der Waals surface area contributed by atoms with Gasteiger partial charge in [0.15, 0.2) is 5.78 Å². The smallest absolute Gasteiger partial charge is 0.321 e. The van der Waals surface area contributed by atoms with E-state index < -0.39 is 0 Å². The Morgan fingerprint density at radius 2 is 1.84 bits per heavy atom. The number of halogens is 1. The van der Waals surface area contributed by atoms with E-state index in [2.05, 4.69) is 10.3 Å². The SMILES string of the molecule is O=C(c1ccc(OCc2cccc(F)c2)cc1)C1CCN(C(=O)Nc2cccnc2)CC1. The minimum Gasteiger partial charge on any atom is -0.489 e. The molecule has 0 radical (unpaired) electrons. The van der Waals surface area contributed by atoms with Crippen LogP contribution in [-0.4, -0.2) is 34.8 Å². The summed E-state index contributed by atoms with van der Waals surface area (Å²) in [5.74, 6) is 0.283. The van der Waals surface area contributed by atoms with Gasteiger partial charge in [-0.05, 0) is 66.9 Å². The third-order valence-electron chi connectivity index (χ3n) is 5.50. The zero-order valence-corrected chi connectivity index (χ0v) is 17.5. The van der Waals surface area contributed by atoms with Crippen LogP contribution >= 0.6 is 0 Å². The maximum atomic E-state index is 13.3. The fourth-order valence-electron chi connectivity index (χ4n) is 3.73. The number of rotatable bonds is 6. The Balaban J connectivity index is 1.27. The number of benzene rings is 2. The van der Waals surface area contributed by atoms with Crippen molar-refractivity contribution in [2.45, 2.75) is 19.4 Å². The minimum absolute atomic E-state index is 0.0778. The Morgan fingerprint density at radius 3 is 2.53 bits per heavy atom. The standard InChI is InChI=1S/C25H24FN3O3/c26-21-4-1-3-18(15-21)17-32-23-8-6-19(7-9-23)24(30)20-10-13-29(14-11-20)25(31)28-22-5-2-12-27-16-22/h1-9,12,15-16,20H,10-11,13-14,17H2,(H,28,31). The van der Waals surface area contributed by atoms with Crippen LogP contribution in [0.3, 0.4) is 0 Å². The molecule has 0 bridgehead atoms. The maximum absolute atomic E-state index is 13.3. The number of urea groups is 1. The molecule has 2 heterocycles. The molecule has 0 saturated carbocycles. The third-order valence-corrected chi connectivity index (χ3v) is 5.50. The highest BCUT2D eigenvalue weighted by Crippen LogP contribution is 2.24. The number of hydrogen-bond donors (Lipinski definition) is 1. The topological polar surface area (TPSA) is 71.5 Å². The Kier molecular flexibility index (Phi) is 6.75. The molecule has 1 aliphatic heterocycles. The van der Waals surface area contributed by atoms with Crippen molar-refractivity contribution in [3.8, 4) is 5.75 Å². The molecule has 0 spiro atoms. The summed E-state index contributed by atoms with van der Waals surface area (Å²) >= 11 is 0. The molecule has 1 aliphatic rings. The summed E-state index contributed by atoms with van der Waals surface area (Å²) in [6, 6.07) is 16.6. The normalized spacial score (nSPS) is 14.1. The van der Waals surface area contributed by atoms with E-state index in [1.807, 2.05) is 0 Å². The summed E-state index contributed by atoms with van der Waals surface area (Å²) in [5, 5.41) is 2.83. The second kappa shape index (κ2) is 10.0. The van der Waals surface area contributed by atoms with Gasteiger partial charge in [-0.25, -0.2) is 9.18 Å². The highest BCUT2D eigenvalue weighted by atomic mass is 19.1. The van der Waals surface area contributed by atoms with Gasteiger partial charge >= 0.3 is 6.03 Å². The lowest BCUT2D eigenvalue weighted by Crippen LogP contribution is -2.42. The minimum atomic E-state index is -0.298. The molecule has 4 rings (SSSR count). The van der Waals surface area contributed by atoms with Gasteiger partial charge in [0, 0.05) is 30.8 Å². The molecule has 1 aromatic heterocycles. The largest absolute Gasteiger partial charge is 0.489 e. The Morgan fingerprint density at radius 1 is 1.06 bits per heavy atom. The van der Waals surface area contributed by atoms with Crippen molar-refractivity contribution in [1.82, 2.24) is 9.88 Å². The third kappa shape index (κ3) is 5.49. The molecular weight excluding hydrogens is 409 g/mol. The van der Waals surface area contributed by atoms with Crippen molar-refractivity contribution in [2.75, 3.05) is 18.4 Å². The molecule has 2 aromatic carbocycles. The number of ketones is 1. The van der Waals surface area contributed by atoms with E-state index in [0.717, 1.165) is 5.56 Å². The second-order valence-electron chi connectivity index (χ2n) is 7.74. The van der Waals surface area contributed by atoms with Gasteiger partial charge in [-0.1, -0.05) is 12.1 Å². The van der Waals surface area contributed by atoms with Crippen LogP contribution < -0.4 is 10.1 Å². The predicted octanol–water partition coefficient (Wildman–Crippen LogP) is 4.93. The van der Waals surface area contributed by atoms with Crippen LogP contribution in [0.15, 0.2) is 73.1 Å². The maximum Gasteiger partial charge on any atom is 0.321 e. The van der Waals surface area contributed by atoms with Crippen molar-refractivity contribution < 1.29 is 18.7 Å². The number of hydrogen-bond acceptors (Lipinski definition) is 4. The van der Waals surface area contributed by atoms with Crippen LogP contribution in [0.2, 0.25) is 0 Å². The van der Waals surface area contributed by atoms with Gasteiger partial charge < -0.3 is 15.0 Å². The Bertz CT molecular complexity index is 1070. The van der Waals surface area contributed by atoms with Crippen LogP contribution in [0, 0.1) is 11.7 Å². The van der Waals surface area contributed by atoms with Crippen LogP contribution in [0.5, 0.6) is 5.75 Å².